The molecule has 0 saturated heterocycles. The molecule has 3 rings (SSSR count). The Morgan fingerprint density at radius 1 is 1.15 bits per heavy atom. The number of rotatable bonds is 6. The largest absolute Gasteiger partial charge is 0.349 e. The molecule has 27 heavy (non-hydrogen) atoms. The Bertz CT molecular complexity index is 939. The number of hydrogen-bond acceptors (Lipinski definition) is 4. The van der Waals surface area contributed by atoms with Gasteiger partial charge in [-0.1, -0.05) is 58.0 Å². The van der Waals surface area contributed by atoms with Crippen LogP contribution in [0.4, 0.5) is 0 Å². The topological polar surface area (TPSA) is 59.8 Å². The van der Waals surface area contributed by atoms with E-state index in [4.69, 9.17) is 0 Å². The first-order chi connectivity index (χ1) is 13.0. The van der Waals surface area contributed by atoms with E-state index in [0.717, 1.165) is 27.1 Å². The van der Waals surface area contributed by atoms with Crippen molar-refractivity contribution in [1.82, 2.24) is 20.1 Å². The van der Waals surface area contributed by atoms with Crippen molar-refractivity contribution in [3.05, 3.63) is 70.0 Å². The summed E-state index contributed by atoms with van der Waals surface area (Å²) in [5.41, 5.74) is 3.23. The van der Waals surface area contributed by atoms with Crippen molar-refractivity contribution in [3.8, 4) is 5.69 Å². The van der Waals surface area contributed by atoms with Gasteiger partial charge in [0.25, 0.3) is 0 Å². The van der Waals surface area contributed by atoms with Crippen molar-refractivity contribution in [3.63, 3.8) is 0 Å². The molecule has 1 unspecified atom stereocenters. The molecule has 1 atom stereocenters. The van der Waals surface area contributed by atoms with E-state index in [1.165, 1.54) is 11.8 Å². The molecule has 7 heteroatoms. The van der Waals surface area contributed by atoms with Crippen molar-refractivity contribution in [2.75, 3.05) is 5.75 Å². The number of aryl methyl sites for hydroxylation is 2. The van der Waals surface area contributed by atoms with Crippen LogP contribution in [0.25, 0.3) is 5.69 Å². The first-order valence-corrected chi connectivity index (χ1v) is 10.4. The Kier molecular flexibility index (Phi) is 6.34. The SMILES string of the molecule is Cc1ccccc1-n1c(C)nnc1SCC(=O)NC(C)c1ccc(Br)cc1. The van der Waals surface area contributed by atoms with Crippen molar-refractivity contribution in [1.29, 1.82) is 0 Å². The number of nitrogens with one attached hydrogen (secondary N) is 1. The van der Waals surface area contributed by atoms with E-state index in [1.54, 1.807) is 0 Å². The third kappa shape index (κ3) is 4.78. The molecule has 0 saturated carbocycles. The highest BCUT2D eigenvalue weighted by molar-refractivity contribution is 9.10. The van der Waals surface area contributed by atoms with Gasteiger partial charge < -0.3 is 5.32 Å². The minimum atomic E-state index is -0.0535. The molecule has 1 heterocycles. The summed E-state index contributed by atoms with van der Waals surface area (Å²) in [6.45, 7) is 5.95. The Morgan fingerprint density at radius 3 is 2.56 bits per heavy atom. The molecule has 0 spiro atoms. The molecule has 1 aromatic heterocycles. The van der Waals surface area contributed by atoms with Crippen LogP contribution in [0, 0.1) is 13.8 Å². The van der Waals surface area contributed by atoms with Crippen molar-refractivity contribution >= 4 is 33.6 Å². The van der Waals surface area contributed by atoms with Gasteiger partial charge in [-0.2, -0.15) is 0 Å². The molecule has 0 radical (unpaired) electrons. The van der Waals surface area contributed by atoms with Gasteiger partial charge in [0.05, 0.1) is 17.5 Å². The number of amides is 1. The third-order valence-corrected chi connectivity index (χ3v) is 5.69. The highest BCUT2D eigenvalue weighted by Crippen LogP contribution is 2.24. The molecule has 0 bridgehead atoms. The Balaban J connectivity index is 1.66. The van der Waals surface area contributed by atoms with Crippen molar-refractivity contribution in [2.45, 2.75) is 32.0 Å². The predicted molar refractivity (Wildman–Crippen MR) is 112 cm³/mol. The predicted octanol–water partition coefficient (Wildman–Crippen LogP) is 4.62. The molecule has 0 fully saturated rings. The maximum Gasteiger partial charge on any atom is 0.230 e. The zero-order valence-corrected chi connectivity index (χ0v) is 17.8. The summed E-state index contributed by atoms with van der Waals surface area (Å²) in [4.78, 5) is 12.4. The maximum atomic E-state index is 12.4. The minimum Gasteiger partial charge on any atom is -0.349 e. The monoisotopic (exact) mass is 444 g/mol. The molecule has 5 nitrogen and oxygen atoms in total. The van der Waals surface area contributed by atoms with Crippen LogP contribution in [0.15, 0.2) is 58.2 Å². The van der Waals surface area contributed by atoms with E-state index in [2.05, 4.69) is 44.4 Å². The second-order valence-corrected chi connectivity index (χ2v) is 8.14. The number of benzene rings is 2. The Hall–Kier alpha value is -2.12. The van der Waals surface area contributed by atoms with Gasteiger partial charge in [0, 0.05) is 4.47 Å². The number of thioether (sulfide) groups is 1. The van der Waals surface area contributed by atoms with Crippen molar-refractivity contribution in [2.24, 2.45) is 0 Å². The fourth-order valence-electron chi connectivity index (χ4n) is 2.78. The fourth-order valence-corrected chi connectivity index (χ4v) is 3.84. The summed E-state index contributed by atoms with van der Waals surface area (Å²) in [5, 5.41) is 12.2. The summed E-state index contributed by atoms with van der Waals surface area (Å²) >= 11 is 4.81. The van der Waals surface area contributed by atoms with Crippen LogP contribution < -0.4 is 5.32 Å². The summed E-state index contributed by atoms with van der Waals surface area (Å²) in [6, 6.07) is 16.0. The quantitative estimate of drug-likeness (QED) is 0.563. The zero-order valence-electron chi connectivity index (χ0n) is 15.4. The first-order valence-electron chi connectivity index (χ1n) is 8.61. The zero-order chi connectivity index (χ0) is 19.4. The number of aromatic nitrogens is 3. The summed E-state index contributed by atoms with van der Waals surface area (Å²) in [6.07, 6.45) is 0. The van der Waals surface area contributed by atoms with Crippen LogP contribution in [0.1, 0.15) is 29.9 Å². The van der Waals surface area contributed by atoms with Crippen LogP contribution in [-0.2, 0) is 4.79 Å². The van der Waals surface area contributed by atoms with Gasteiger partial charge >= 0.3 is 0 Å². The third-order valence-electron chi connectivity index (χ3n) is 4.23. The number of halogens is 1. The highest BCUT2D eigenvalue weighted by atomic mass is 79.9. The van der Waals surface area contributed by atoms with E-state index >= 15 is 0 Å². The second kappa shape index (κ2) is 8.71. The number of hydrogen-bond donors (Lipinski definition) is 1. The molecule has 0 aliphatic heterocycles. The van der Waals surface area contributed by atoms with E-state index in [-0.39, 0.29) is 17.7 Å². The average molecular weight is 445 g/mol. The lowest BCUT2D eigenvalue weighted by Crippen LogP contribution is -2.28. The molecule has 3 aromatic rings. The van der Waals surface area contributed by atoms with Crippen LogP contribution in [0.2, 0.25) is 0 Å². The molecule has 2 aromatic carbocycles. The van der Waals surface area contributed by atoms with E-state index in [0.29, 0.717) is 5.16 Å². The highest BCUT2D eigenvalue weighted by Gasteiger charge is 2.16. The first kappa shape index (κ1) is 19.6. The van der Waals surface area contributed by atoms with Gasteiger partial charge in [0.1, 0.15) is 5.82 Å². The lowest BCUT2D eigenvalue weighted by atomic mass is 10.1. The van der Waals surface area contributed by atoms with E-state index in [9.17, 15) is 4.79 Å². The number of para-hydroxylation sites is 1. The molecule has 1 amide bonds. The Morgan fingerprint density at radius 2 is 1.85 bits per heavy atom. The summed E-state index contributed by atoms with van der Waals surface area (Å²) < 4.78 is 3.01. The smallest absolute Gasteiger partial charge is 0.230 e. The van der Waals surface area contributed by atoms with Gasteiger partial charge in [-0.05, 0) is 50.1 Å². The maximum absolute atomic E-state index is 12.4. The lowest BCUT2D eigenvalue weighted by molar-refractivity contribution is -0.119. The van der Waals surface area contributed by atoms with Gasteiger partial charge in [-0.25, -0.2) is 0 Å². The van der Waals surface area contributed by atoms with Gasteiger partial charge in [-0.15, -0.1) is 10.2 Å². The van der Waals surface area contributed by atoms with Crippen LogP contribution in [-0.4, -0.2) is 26.4 Å². The molecule has 0 aliphatic carbocycles. The Labute approximate surface area is 171 Å². The van der Waals surface area contributed by atoms with Crippen LogP contribution >= 0.6 is 27.7 Å². The van der Waals surface area contributed by atoms with Gasteiger partial charge in [0.2, 0.25) is 5.91 Å². The van der Waals surface area contributed by atoms with E-state index in [1.807, 2.05) is 60.9 Å². The summed E-state index contributed by atoms with van der Waals surface area (Å²) in [7, 11) is 0. The number of nitrogens with zero attached hydrogens (tertiary/aromatic N) is 3. The van der Waals surface area contributed by atoms with Crippen LogP contribution in [0.5, 0.6) is 0 Å². The molecule has 1 N–H and O–H groups in total. The van der Waals surface area contributed by atoms with Crippen molar-refractivity contribution < 1.29 is 4.79 Å². The van der Waals surface area contributed by atoms with E-state index < -0.39 is 0 Å². The average Bonchev–Trinajstić information content (AvgIpc) is 3.01. The molecule has 140 valence electrons. The standard InChI is InChI=1S/C20H21BrN4OS/c1-13-6-4-5-7-18(13)25-15(3)23-24-20(25)27-12-19(26)22-14(2)16-8-10-17(21)11-9-16/h4-11,14H,12H2,1-3H3,(H,22,26). The van der Waals surface area contributed by atoms with Gasteiger partial charge in [0.15, 0.2) is 5.16 Å². The normalized spacial score (nSPS) is 12.0. The summed E-state index contributed by atoms with van der Waals surface area (Å²) in [5.74, 6) is 1.05. The number of carbonyl (C=O) groups excluding carboxylic acids is 1. The van der Waals surface area contributed by atoms with Gasteiger partial charge in [-0.3, -0.25) is 9.36 Å². The molecule has 0 aliphatic rings. The molecular weight excluding hydrogens is 424 g/mol. The molecular formula is C20H21BrN4OS. The second-order valence-electron chi connectivity index (χ2n) is 6.28. The minimum absolute atomic E-state index is 0.0348. The lowest BCUT2D eigenvalue weighted by Gasteiger charge is -2.15. The van der Waals surface area contributed by atoms with Crippen LogP contribution in [0.3, 0.4) is 0 Å². The fraction of sp³-hybridized carbons (Fsp3) is 0.250. The number of carbonyl (C=O) groups is 1.